The number of halogens is 2. The molecule has 9 heteroatoms. The molecule has 0 spiro atoms. The summed E-state index contributed by atoms with van der Waals surface area (Å²) in [5.74, 6) is -0.408. The molecule has 1 aromatic carbocycles. The van der Waals surface area contributed by atoms with E-state index in [1.807, 2.05) is 0 Å². The summed E-state index contributed by atoms with van der Waals surface area (Å²) in [4.78, 5) is 41.6. The molecule has 0 aliphatic heterocycles. The molecule has 0 saturated heterocycles. The molecule has 2 heterocycles. The Labute approximate surface area is 182 Å². The fourth-order valence-electron chi connectivity index (χ4n) is 3.20. The molecule has 3 aromatic rings. The normalized spacial score (nSPS) is 13.3. The Kier molecular flexibility index (Phi) is 5.49. The number of nitrogens with zero attached hydrogens (tertiary/aromatic N) is 2. The predicted molar refractivity (Wildman–Crippen MR) is 115 cm³/mol. The van der Waals surface area contributed by atoms with Crippen molar-refractivity contribution >= 4 is 57.6 Å². The Hall–Kier alpha value is -2.90. The van der Waals surface area contributed by atoms with Crippen molar-refractivity contribution in [2.75, 3.05) is 11.9 Å². The molecule has 154 valence electrons. The second kappa shape index (κ2) is 8.08. The molecule has 0 unspecified atom stereocenters. The van der Waals surface area contributed by atoms with Gasteiger partial charge in [-0.05, 0) is 44.0 Å². The van der Waals surface area contributed by atoms with Crippen LogP contribution in [0.2, 0.25) is 10.0 Å². The SMILES string of the molecule is CCNC(=O)c1cc(Cl)c(C(=O)n2ccc3c(NC(=O)C4CC4)nccc32)c(Cl)c1. The van der Waals surface area contributed by atoms with Crippen LogP contribution in [0.4, 0.5) is 5.82 Å². The summed E-state index contributed by atoms with van der Waals surface area (Å²) in [6, 6.07) is 6.21. The van der Waals surface area contributed by atoms with Crippen LogP contribution in [0.25, 0.3) is 10.9 Å². The maximum atomic E-state index is 13.2. The molecule has 4 rings (SSSR count). The Morgan fingerprint density at radius 1 is 1.17 bits per heavy atom. The van der Waals surface area contributed by atoms with E-state index in [9.17, 15) is 14.4 Å². The van der Waals surface area contributed by atoms with Crippen LogP contribution in [0.1, 0.15) is 40.5 Å². The monoisotopic (exact) mass is 444 g/mol. The van der Waals surface area contributed by atoms with Gasteiger partial charge in [0.15, 0.2) is 0 Å². The first-order valence-corrected chi connectivity index (χ1v) is 10.2. The van der Waals surface area contributed by atoms with Gasteiger partial charge in [0.25, 0.3) is 11.8 Å². The highest BCUT2D eigenvalue weighted by Gasteiger charge is 2.30. The van der Waals surface area contributed by atoms with Crippen LogP contribution in [0.5, 0.6) is 0 Å². The van der Waals surface area contributed by atoms with Gasteiger partial charge in [-0.3, -0.25) is 19.0 Å². The zero-order valence-corrected chi connectivity index (χ0v) is 17.5. The minimum Gasteiger partial charge on any atom is -0.352 e. The lowest BCUT2D eigenvalue weighted by atomic mass is 10.1. The molecule has 1 fully saturated rings. The van der Waals surface area contributed by atoms with Gasteiger partial charge in [0.05, 0.1) is 21.1 Å². The number of pyridine rings is 1. The van der Waals surface area contributed by atoms with Gasteiger partial charge in [0.2, 0.25) is 5.91 Å². The highest BCUT2D eigenvalue weighted by atomic mass is 35.5. The van der Waals surface area contributed by atoms with E-state index in [2.05, 4.69) is 15.6 Å². The molecule has 0 bridgehead atoms. The Morgan fingerprint density at radius 3 is 2.50 bits per heavy atom. The number of anilines is 1. The standard InChI is InChI=1S/C21H18Cl2N4O3/c1-2-24-19(28)12-9-14(22)17(15(23)10-12)21(30)27-8-6-13-16(27)5-7-25-18(13)26-20(29)11-3-4-11/h5-11H,2-4H2,1H3,(H,24,28)(H,25,26,29). The van der Waals surface area contributed by atoms with Crippen molar-refractivity contribution in [1.29, 1.82) is 0 Å². The van der Waals surface area contributed by atoms with Crippen molar-refractivity contribution in [3.8, 4) is 0 Å². The number of carbonyl (C=O) groups is 3. The first-order valence-electron chi connectivity index (χ1n) is 9.49. The molecular formula is C21H18Cl2N4O3. The zero-order chi connectivity index (χ0) is 21.4. The van der Waals surface area contributed by atoms with Crippen LogP contribution < -0.4 is 10.6 Å². The van der Waals surface area contributed by atoms with Crippen LogP contribution in [0.15, 0.2) is 36.7 Å². The van der Waals surface area contributed by atoms with E-state index in [4.69, 9.17) is 23.2 Å². The summed E-state index contributed by atoms with van der Waals surface area (Å²) in [6.07, 6.45) is 4.86. The number of hydrogen-bond donors (Lipinski definition) is 2. The average Bonchev–Trinajstić information content (AvgIpc) is 3.47. The Balaban J connectivity index is 1.70. The highest BCUT2D eigenvalue weighted by Crippen LogP contribution is 2.32. The minimum absolute atomic E-state index is 0.0341. The van der Waals surface area contributed by atoms with Gasteiger partial charge in [-0.2, -0.15) is 0 Å². The van der Waals surface area contributed by atoms with Crippen molar-refractivity contribution in [3.05, 3.63) is 57.8 Å². The third-order valence-corrected chi connectivity index (χ3v) is 5.48. The number of rotatable bonds is 5. The maximum absolute atomic E-state index is 13.2. The number of nitrogens with one attached hydrogen (secondary N) is 2. The minimum atomic E-state index is -0.451. The first kappa shape index (κ1) is 20.4. The summed E-state index contributed by atoms with van der Waals surface area (Å²) in [5.41, 5.74) is 0.917. The molecule has 30 heavy (non-hydrogen) atoms. The van der Waals surface area contributed by atoms with E-state index in [0.29, 0.717) is 23.3 Å². The summed E-state index contributed by atoms with van der Waals surface area (Å²) < 4.78 is 1.39. The molecule has 7 nitrogen and oxygen atoms in total. The molecule has 2 amide bonds. The average molecular weight is 445 g/mol. The lowest BCUT2D eigenvalue weighted by molar-refractivity contribution is -0.117. The second-order valence-corrected chi connectivity index (χ2v) is 7.84. The van der Waals surface area contributed by atoms with E-state index in [1.54, 1.807) is 25.3 Å². The summed E-state index contributed by atoms with van der Waals surface area (Å²) in [7, 11) is 0. The number of amides is 2. The van der Waals surface area contributed by atoms with Gasteiger partial charge in [0.1, 0.15) is 5.82 Å². The van der Waals surface area contributed by atoms with E-state index < -0.39 is 5.91 Å². The fourth-order valence-corrected chi connectivity index (χ4v) is 3.85. The lowest BCUT2D eigenvalue weighted by Crippen LogP contribution is -2.23. The van der Waals surface area contributed by atoms with Gasteiger partial charge >= 0.3 is 0 Å². The topological polar surface area (TPSA) is 93.1 Å². The largest absolute Gasteiger partial charge is 0.352 e. The van der Waals surface area contributed by atoms with E-state index in [1.165, 1.54) is 22.9 Å². The lowest BCUT2D eigenvalue weighted by Gasteiger charge is -2.11. The van der Waals surface area contributed by atoms with Crippen LogP contribution >= 0.6 is 23.2 Å². The number of fused-ring (bicyclic) bond motifs is 1. The molecule has 2 N–H and O–H groups in total. The zero-order valence-electron chi connectivity index (χ0n) is 16.0. The molecule has 2 aromatic heterocycles. The van der Waals surface area contributed by atoms with Crippen LogP contribution in [-0.4, -0.2) is 33.8 Å². The maximum Gasteiger partial charge on any atom is 0.265 e. The predicted octanol–water partition coefficient (Wildman–Crippen LogP) is 4.13. The van der Waals surface area contributed by atoms with Crippen molar-refractivity contribution < 1.29 is 14.4 Å². The Bertz CT molecular complexity index is 1160. The van der Waals surface area contributed by atoms with E-state index in [0.717, 1.165) is 12.8 Å². The van der Waals surface area contributed by atoms with Gasteiger partial charge in [-0.25, -0.2) is 4.98 Å². The van der Waals surface area contributed by atoms with E-state index >= 15 is 0 Å². The molecule has 1 aliphatic rings. The van der Waals surface area contributed by atoms with Gasteiger partial charge in [-0.1, -0.05) is 23.2 Å². The summed E-state index contributed by atoms with van der Waals surface area (Å²) >= 11 is 12.6. The van der Waals surface area contributed by atoms with Crippen molar-refractivity contribution in [2.24, 2.45) is 5.92 Å². The highest BCUT2D eigenvalue weighted by molar-refractivity contribution is 6.40. The molecule has 1 saturated carbocycles. The van der Waals surface area contributed by atoms with Gasteiger partial charge in [-0.15, -0.1) is 0 Å². The fraction of sp³-hybridized carbons (Fsp3) is 0.238. The Morgan fingerprint density at radius 2 is 1.87 bits per heavy atom. The number of benzene rings is 1. The van der Waals surface area contributed by atoms with Gasteiger partial charge < -0.3 is 10.6 Å². The van der Waals surface area contributed by atoms with Crippen molar-refractivity contribution in [3.63, 3.8) is 0 Å². The molecule has 1 aliphatic carbocycles. The third-order valence-electron chi connectivity index (χ3n) is 4.88. The number of hydrogen-bond acceptors (Lipinski definition) is 4. The molecular weight excluding hydrogens is 427 g/mol. The van der Waals surface area contributed by atoms with Crippen molar-refractivity contribution in [1.82, 2.24) is 14.9 Å². The van der Waals surface area contributed by atoms with E-state index in [-0.39, 0.29) is 38.9 Å². The van der Waals surface area contributed by atoms with Crippen LogP contribution in [0.3, 0.4) is 0 Å². The van der Waals surface area contributed by atoms with Crippen LogP contribution in [0, 0.1) is 5.92 Å². The summed E-state index contributed by atoms with van der Waals surface area (Å²) in [6.45, 7) is 2.25. The number of aromatic nitrogens is 2. The molecule has 0 atom stereocenters. The quantitative estimate of drug-likeness (QED) is 0.618. The smallest absolute Gasteiger partial charge is 0.265 e. The summed E-state index contributed by atoms with van der Waals surface area (Å²) in [5, 5.41) is 6.27. The molecule has 0 radical (unpaired) electrons. The van der Waals surface area contributed by atoms with Crippen LogP contribution in [-0.2, 0) is 4.79 Å². The van der Waals surface area contributed by atoms with Crippen molar-refractivity contribution in [2.45, 2.75) is 19.8 Å². The van der Waals surface area contributed by atoms with Gasteiger partial charge in [0, 0.05) is 35.8 Å². The second-order valence-electron chi connectivity index (χ2n) is 7.02. The third kappa shape index (κ3) is 3.78. The number of carbonyl (C=O) groups excluding carboxylic acids is 3. The first-order chi connectivity index (χ1) is 14.4.